The number of hydrogen-bond acceptors (Lipinski definition) is 2. The fourth-order valence-electron chi connectivity index (χ4n) is 7.48. The number of fused-ring (bicyclic) bond motifs is 7. The third-order valence-electron chi connectivity index (χ3n) is 9.61. The van der Waals surface area contributed by atoms with Gasteiger partial charge in [0.25, 0.3) is 0 Å². The maximum absolute atomic E-state index is 6.41. The smallest absolute Gasteiger partial charge is 0.137 e. The first kappa shape index (κ1) is 25.9. The molecule has 7 aromatic carbocycles. The molecule has 0 saturated heterocycles. The zero-order chi connectivity index (χ0) is 30.1. The SMILES string of the molecule is CC1(C)c2ccccc2-c2cccc(N(c3cccc(-c4ccc5ccccc5c4)c3)c3ccc4c(c3)oc3ccccc34)c21. The number of anilines is 3. The van der Waals surface area contributed by atoms with E-state index >= 15 is 0 Å². The predicted molar refractivity (Wildman–Crippen MR) is 189 cm³/mol. The number of benzene rings is 7. The Morgan fingerprint density at radius 1 is 0.489 bits per heavy atom. The summed E-state index contributed by atoms with van der Waals surface area (Å²) in [6, 6.07) is 54.8. The van der Waals surface area contributed by atoms with Crippen LogP contribution in [0.3, 0.4) is 0 Å². The van der Waals surface area contributed by atoms with Gasteiger partial charge in [-0.15, -0.1) is 0 Å². The van der Waals surface area contributed by atoms with Crippen LogP contribution < -0.4 is 4.90 Å². The molecule has 0 radical (unpaired) electrons. The molecule has 9 rings (SSSR count). The van der Waals surface area contributed by atoms with Gasteiger partial charge in [-0.25, -0.2) is 0 Å². The molecule has 2 heteroatoms. The summed E-state index contributed by atoms with van der Waals surface area (Å²) < 4.78 is 6.41. The van der Waals surface area contributed by atoms with Crippen molar-refractivity contribution in [2.75, 3.05) is 4.90 Å². The Kier molecular flexibility index (Phi) is 5.58. The number of para-hydroxylation sites is 1. The molecule has 0 saturated carbocycles. The zero-order valence-corrected chi connectivity index (χ0v) is 25.3. The topological polar surface area (TPSA) is 16.4 Å². The molecule has 0 fully saturated rings. The van der Waals surface area contributed by atoms with Crippen molar-refractivity contribution in [2.24, 2.45) is 0 Å². The highest BCUT2D eigenvalue weighted by Crippen LogP contribution is 2.54. The molecule has 0 N–H and O–H groups in total. The highest BCUT2D eigenvalue weighted by molar-refractivity contribution is 6.06. The van der Waals surface area contributed by atoms with Crippen molar-refractivity contribution in [3.05, 3.63) is 163 Å². The minimum Gasteiger partial charge on any atom is -0.456 e. The van der Waals surface area contributed by atoms with Crippen molar-refractivity contribution in [2.45, 2.75) is 19.3 Å². The highest BCUT2D eigenvalue weighted by atomic mass is 16.3. The lowest BCUT2D eigenvalue weighted by molar-refractivity contribution is 0.660. The average molecular weight is 578 g/mol. The summed E-state index contributed by atoms with van der Waals surface area (Å²) in [6.07, 6.45) is 0. The first-order chi connectivity index (χ1) is 22.1. The van der Waals surface area contributed by atoms with E-state index in [1.165, 1.54) is 49.8 Å². The zero-order valence-electron chi connectivity index (χ0n) is 25.3. The van der Waals surface area contributed by atoms with E-state index in [0.29, 0.717) is 0 Å². The van der Waals surface area contributed by atoms with Gasteiger partial charge in [-0.3, -0.25) is 0 Å². The molecule has 45 heavy (non-hydrogen) atoms. The first-order valence-corrected chi connectivity index (χ1v) is 15.6. The summed E-state index contributed by atoms with van der Waals surface area (Å²) in [5.41, 5.74) is 12.7. The van der Waals surface area contributed by atoms with Gasteiger partial charge in [-0.2, -0.15) is 0 Å². The fraction of sp³-hybridized carbons (Fsp3) is 0.0698. The molecule has 1 aliphatic carbocycles. The van der Waals surface area contributed by atoms with Crippen LogP contribution in [0.1, 0.15) is 25.0 Å². The third-order valence-corrected chi connectivity index (χ3v) is 9.61. The average Bonchev–Trinajstić information content (AvgIpc) is 3.57. The number of nitrogens with zero attached hydrogens (tertiary/aromatic N) is 1. The van der Waals surface area contributed by atoms with Gasteiger partial charge in [-0.05, 0) is 86.6 Å². The van der Waals surface area contributed by atoms with Gasteiger partial charge >= 0.3 is 0 Å². The van der Waals surface area contributed by atoms with Crippen molar-refractivity contribution in [3.8, 4) is 22.3 Å². The highest BCUT2D eigenvalue weighted by Gasteiger charge is 2.38. The second-order valence-corrected chi connectivity index (χ2v) is 12.6. The van der Waals surface area contributed by atoms with Crippen molar-refractivity contribution in [1.29, 1.82) is 0 Å². The van der Waals surface area contributed by atoms with E-state index in [-0.39, 0.29) is 5.41 Å². The number of furan rings is 1. The minimum atomic E-state index is -0.166. The molecule has 1 aromatic heterocycles. The monoisotopic (exact) mass is 577 g/mol. The van der Waals surface area contributed by atoms with Crippen molar-refractivity contribution in [1.82, 2.24) is 0 Å². The molecule has 0 bridgehead atoms. The Labute approximate surface area is 262 Å². The van der Waals surface area contributed by atoms with E-state index < -0.39 is 0 Å². The van der Waals surface area contributed by atoms with Gasteiger partial charge in [0.2, 0.25) is 0 Å². The van der Waals surface area contributed by atoms with Crippen LogP contribution in [0.4, 0.5) is 17.1 Å². The van der Waals surface area contributed by atoms with Crippen LogP contribution >= 0.6 is 0 Å². The van der Waals surface area contributed by atoms with Crippen LogP contribution in [0.5, 0.6) is 0 Å². The number of rotatable bonds is 4. The Bertz CT molecular complexity index is 2430. The van der Waals surface area contributed by atoms with E-state index in [1.807, 2.05) is 12.1 Å². The van der Waals surface area contributed by atoms with E-state index in [0.717, 1.165) is 33.3 Å². The lowest BCUT2D eigenvalue weighted by atomic mass is 9.81. The Morgan fingerprint density at radius 2 is 1.20 bits per heavy atom. The van der Waals surface area contributed by atoms with E-state index in [4.69, 9.17) is 4.42 Å². The molecular formula is C43H31NO. The summed E-state index contributed by atoms with van der Waals surface area (Å²) in [5.74, 6) is 0. The predicted octanol–water partition coefficient (Wildman–Crippen LogP) is 12.2. The molecule has 1 heterocycles. The van der Waals surface area contributed by atoms with Crippen LogP contribution in [0.2, 0.25) is 0 Å². The molecule has 214 valence electrons. The molecule has 0 atom stereocenters. The Morgan fingerprint density at radius 3 is 2.13 bits per heavy atom. The second kappa shape index (κ2) is 9.70. The molecule has 0 spiro atoms. The Balaban J connectivity index is 1.28. The van der Waals surface area contributed by atoms with Crippen LogP contribution in [0, 0.1) is 0 Å². The molecule has 8 aromatic rings. The van der Waals surface area contributed by atoms with Gasteiger partial charge in [0.1, 0.15) is 11.2 Å². The van der Waals surface area contributed by atoms with Crippen LogP contribution in [-0.2, 0) is 5.41 Å². The summed E-state index contributed by atoms with van der Waals surface area (Å²) in [4.78, 5) is 2.42. The lowest BCUT2D eigenvalue weighted by Crippen LogP contribution is -2.20. The summed E-state index contributed by atoms with van der Waals surface area (Å²) in [6.45, 7) is 4.71. The van der Waals surface area contributed by atoms with Crippen molar-refractivity contribution in [3.63, 3.8) is 0 Å². The summed E-state index contributed by atoms with van der Waals surface area (Å²) in [7, 11) is 0. The molecule has 2 nitrogen and oxygen atoms in total. The van der Waals surface area contributed by atoms with E-state index in [9.17, 15) is 0 Å². The maximum Gasteiger partial charge on any atom is 0.137 e. The number of hydrogen-bond donors (Lipinski definition) is 0. The third kappa shape index (κ3) is 3.96. The van der Waals surface area contributed by atoms with Crippen molar-refractivity contribution >= 4 is 49.8 Å². The van der Waals surface area contributed by atoms with E-state index in [2.05, 4.69) is 158 Å². The minimum absolute atomic E-state index is 0.166. The molecule has 0 amide bonds. The maximum atomic E-state index is 6.41. The van der Waals surface area contributed by atoms with Gasteiger partial charge in [0.15, 0.2) is 0 Å². The standard InChI is InChI=1S/C43H31NO/c1-43(2)38-18-7-5-15-34(38)37-17-10-19-39(42(37)43)44(33-23-24-36-35-16-6-8-20-40(35)45-41(36)27-33)32-14-9-13-30(26-32)31-22-21-28-11-3-4-12-29(28)25-31/h3-27H,1-2H3. The van der Waals surface area contributed by atoms with Crippen LogP contribution in [0.25, 0.3) is 55.0 Å². The second-order valence-electron chi connectivity index (χ2n) is 12.6. The molecule has 1 aliphatic rings. The van der Waals surface area contributed by atoms with Crippen LogP contribution in [0.15, 0.2) is 156 Å². The van der Waals surface area contributed by atoms with Gasteiger partial charge < -0.3 is 9.32 Å². The van der Waals surface area contributed by atoms with Gasteiger partial charge in [-0.1, -0.05) is 117 Å². The van der Waals surface area contributed by atoms with Crippen molar-refractivity contribution < 1.29 is 4.42 Å². The van der Waals surface area contributed by atoms with Gasteiger partial charge in [0, 0.05) is 33.6 Å². The lowest BCUT2D eigenvalue weighted by Gasteiger charge is -2.32. The van der Waals surface area contributed by atoms with Crippen LogP contribution in [-0.4, -0.2) is 0 Å². The largest absolute Gasteiger partial charge is 0.456 e. The quantitative estimate of drug-likeness (QED) is 0.207. The van der Waals surface area contributed by atoms with E-state index in [1.54, 1.807) is 0 Å². The summed E-state index contributed by atoms with van der Waals surface area (Å²) >= 11 is 0. The molecule has 0 aliphatic heterocycles. The normalized spacial score (nSPS) is 13.3. The Hall–Kier alpha value is -5.60. The molecular weight excluding hydrogens is 546 g/mol. The fourth-order valence-corrected chi connectivity index (χ4v) is 7.48. The summed E-state index contributed by atoms with van der Waals surface area (Å²) in [5, 5.41) is 4.76. The first-order valence-electron chi connectivity index (χ1n) is 15.6. The molecule has 0 unspecified atom stereocenters. The van der Waals surface area contributed by atoms with Gasteiger partial charge in [0.05, 0.1) is 5.69 Å².